The monoisotopic (exact) mass is 179 g/mol. The van der Waals surface area contributed by atoms with E-state index < -0.39 is 0 Å². The van der Waals surface area contributed by atoms with Gasteiger partial charge in [-0.25, -0.2) is 0 Å². The number of amides is 1. The van der Waals surface area contributed by atoms with Crippen LogP contribution >= 0.6 is 0 Å². The lowest BCUT2D eigenvalue weighted by atomic mass is 10.2. The highest BCUT2D eigenvalue weighted by Gasteiger charge is 2.13. The molecule has 13 heavy (non-hydrogen) atoms. The lowest BCUT2D eigenvalue weighted by molar-refractivity contribution is 0.0956. The second-order valence-electron chi connectivity index (χ2n) is 2.36. The van der Waals surface area contributed by atoms with E-state index >= 15 is 0 Å². The maximum Gasteiger partial charge on any atom is 0.257 e. The summed E-state index contributed by atoms with van der Waals surface area (Å²) in [4.78, 5) is 11.3. The predicted octanol–water partition coefficient (Wildman–Crippen LogP) is 0.490. The first-order chi connectivity index (χ1) is 6.29. The number of nitriles is 1. The van der Waals surface area contributed by atoms with E-state index in [9.17, 15) is 4.79 Å². The van der Waals surface area contributed by atoms with Gasteiger partial charge in [-0.05, 0) is 0 Å². The Bertz CT molecular complexity index is 337. The molecule has 1 amide bonds. The summed E-state index contributed by atoms with van der Waals surface area (Å²) in [5.41, 5.74) is 0.401. The van der Waals surface area contributed by atoms with E-state index in [1.54, 1.807) is 0 Å². The van der Waals surface area contributed by atoms with Crippen LogP contribution in [0.2, 0.25) is 0 Å². The van der Waals surface area contributed by atoms with E-state index in [1.165, 1.54) is 6.20 Å². The molecule has 0 aliphatic heterocycles. The minimum Gasteiger partial charge on any atom is -0.361 e. The molecule has 0 spiro atoms. The van der Waals surface area contributed by atoms with Crippen molar-refractivity contribution < 1.29 is 9.32 Å². The summed E-state index contributed by atoms with van der Waals surface area (Å²) in [7, 11) is 0. The van der Waals surface area contributed by atoms with Gasteiger partial charge < -0.3 is 9.84 Å². The van der Waals surface area contributed by atoms with E-state index in [-0.39, 0.29) is 12.5 Å². The largest absolute Gasteiger partial charge is 0.361 e. The Labute approximate surface area is 75.3 Å². The molecule has 1 N–H and O–H groups in total. The Morgan fingerprint density at radius 3 is 3.23 bits per heavy atom. The minimum atomic E-state index is -0.320. The molecular formula is C8H9N3O2. The van der Waals surface area contributed by atoms with Gasteiger partial charge in [-0.15, -0.1) is 0 Å². The molecule has 1 aromatic rings. The van der Waals surface area contributed by atoms with Crippen molar-refractivity contribution in [2.24, 2.45) is 0 Å². The molecule has 0 aliphatic rings. The van der Waals surface area contributed by atoms with Crippen LogP contribution < -0.4 is 5.32 Å². The van der Waals surface area contributed by atoms with Crippen LogP contribution in [-0.2, 0) is 6.42 Å². The van der Waals surface area contributed by atoms with Gasteiger partial charge in [-0.3, -0.25) is 4.79 Å². The van der Waals surface area contributed by atoms with Crippen molar-refractivity contribution in [3.8, 4) is 6.07 Å². The molecule has 0 bridgehead atoms. The summed E-state index contributed by atoms with van der Waals surface area (Å²) in [6.45, 7) is 1.86. The number of carbonyl (C=O) groups excluding carboxylic acids is 1. The Kier molecular flexibility index (Phi) is 3.03. The number of carbonyl (C=O) groups is 1. The van der Waals surface area contributed by atoms with Gasteiger partial charge in [0.2, 0.25) is 0 Å². The molecular weight excluding hydrogens is 170 g/mol. The second-order valence-corrected chi connectivity index (χ2v) is 2.36. The standard InChI is InChI=1S/C8H9N3O2/c1-2-7-6(5-11-13-7)8(12)10-4-3-9/h5H,2,4H2,1H3,(H,10,12). The molecule has 5 nitrogen and oxygen atoms in total. The Hall–Kier alpha value is -1.83. The number of nitrogens with zero attached hydrogens (tertiary/aromatic N) is 2. The van der Waals surface area contributed by atoms with Crippen molar-refractivity contribution >= 4 is 5.91 Å². The quantitative estimate of drug-likeness (QED) is 0.685. The minimum absolute atomic E-state index is 0.00678. The highest BCUT2D eigenvalue weighted by Crippen LogP contribution is 2.07. The zero-order valence-electron chi connectivity index (χ0n) is 7.20. The van der Waals surface area contributed by atoms with Crippen molar-refractivity contribution in [2.75, 3.05) is 6.54 Å². The zero-order chi connectivity index (χ0) is 9.68. The smallest absolute Gasteiger partial charge is 0.257 e. The predicted molar refractivity (Wildman–Crippen MR) is 43.8 cm³/mol. The fraction of sp³-hybridized carbons (Fsp3) is 0.375. The normalized spacial score (nSPS) is 9.23. The zero-order valence-corrected chi connectivity index (χ0v) is 7.20. The van der Waals surface area contributed by atoms with Gasteiger partial charge in [0.15, 0.2) is 0 Å². The van der Waals surface area contributed by atoms with Crippen LogP contribution in [0.1, 0.15) is 23.0 Å². The van der Waals surface area contributed by atoms with Crippen LogP contribution in [0.5, 0.6) is 0 Å². The van der Waals surface area contributed by atoms with E-state index in [0.29, 0.717) is 17.7 Å². The summed E-state index contributed by atoms with van der Waals surface area (Å²) in [5.74, 6) is 0.218. The Balaban J connectivity index is 2.71. The molecule has 0 unspecified atom stereocenters. The number of aromatic nitrogens is 1. The summed E-state index contributed by atoms with van der Waals surface area (Å²) in [6.07, 6.45) is 1.96. The third-order valence-corrected chi connectivity index (χ3v) is 1.54. The molecule has 5 heteroatoms. The SMILES string of the molecule is CCc1oncc1C(=O)NCC#N. The Morgan fingerprint density at radius 1 is 1.85 bits per heavy atom. The highest BCUT2D eigenvalue weighted by molar-refractivity contribution is 5.94. The summed E-state index contributed by atoms with van der Waals surface area (Å²) >= 11 is 0. The summed E-state index contributed by atoms with van der Waals surface area (Å²) in [5, 5.41) is 14.1. The fourth-order valence-electron chi connectivity index (χ4n) is 0.919. The first-order valence-corrected chi connectivity index (χ1v) is 3.88. The molecule has 1 rings (SSSR count). The topological polar surface area (TPSA) is 78.9 Å². The molecule has 0 aliphatic carbocycles. The third kappa shape index (κ3) is 2.06. The van der Waals surface area contributed by atoms with E-state index in [2.05, 4.69) is 10.5 Å². The van der Waals surface area contributed by atoms with Crippen LogP contribution in [-0.4, -0.2) is 17.6 Å². The first kappa shape index (κ1) is 9.26. The van der Waals surface area contributed by atoms with E-state index in [1.807, 2.05) is 13.0 Å². The van der Waals surface area contributed by atoms with Gasteiger partial charge in [0.05, 0.1) is 12.3 Å². The van der Waals surface area contributed by atoms with Gasteiger partial charge in [0.1, 0.15) is 17.9 Å². The molecule has 0 saturated heterocycles. The highest BCUT2D eigenvalue weighted by atomic mass is 16.5. The molecule has 0 fully saturated rings. The lowest BCUT2D eigenvalue weighted by Gasteiger charge is -1.97. The molecule has 0 atom stereocenters. The second kappa shape index (κ2) is 4.26. The average Bonchev–Trinajstić information content (AvgIpc) is 2.61. The van der Waals surface area contributed by atoms with Crippen LogP contribution in [0.25, 0.3) is 0 Å². The molecule has 0 saturated carbocycles. The van der Waals surface area contributed by atoms with Gasteiger partial charge in [-0.2, -0.15) is 5.26 Å². The van der Waals surface area contributed by atoms with Gasteiger partial charge >= 0.3 is 0 Å². The number of nitrogens with one attached hydrogen (secondary N) is 1. The lowest BCUT2D eigenvalue weighted by Crippen LogP contribution is -2.23. The average molecular weight is 179 g/mol. The third-order valence-electron chi connectivity index (χ3n) is 1.54. The van der Waals surface area contributed by atoms with Crippen LogP contribution in [0.15, 0.2) is 10.7 Å². The Morgan fingerprint density at radius 2 is 2.62 bits per heavy atom. The molecule has 1 aromatic heterocycles. The van der Waals surface area contributed by atoms with Crippen LogP contribution in [0.3, 0.4) is 0 Å². The number of hydrogen-bond acceptors (Lipinski definition) is 4. The van der Waals surface area contributed by atoms with Crippen molar-refractivity contribution in [3.63, 3.8) is 0 Å². The van der Waals surface area contributed by atoms with Crippen molar-refractivity contribution in [3.05, 3.63) is 17.5 Å². The fourth-order valence-corrected chi connectivity index (χ4v) is 0.919. The number of aryl methyl sites for hydroxylation is 1. The molecule has 1 heterocycles. The van der Waals surface area contributed by atoms with Crippen LogP contribution in [0, 0.1) is 11.3 Å². The van der Waals surface area contributed by atoms with E-state index in [0.717, 1.165) is 0 Å². The first-order valence-electron chi connectivity index (χ1n) is 3.88. The molecule has 0 radical (unpaired) electrons. The van der Waals surface area contributed by atoms with Crippen molar-refractivity contribution in [1.29, 1.82) is 5.26 Å². The summed E-state index contributed by atoms with van der Waals surface area (Å²) < 4.78 is 4.82. The number of rotatable bonds is 3. The maximum absolute atomic E-state index is 11.3. The molecule has 0 aromatic carbocycles. The molecule has 68 valence electrons. The van der Waals surface area contributed by atoms with Gasteiger partial charge in [-0.1, -0.05) is 12.1 Å². The van der Waals surface area contributed by atoms with Crippen molar-refractivity contribution in [2.45, 2.75) is 13.3 Å². The summed E-state index contributed by atoms with van der Waals surface area (Å²) in [6, 6.07) is 1.82. The van der Waals surface area contributed by atoms with E-state index in [4.69, 9.17) is 9.78 Å². The number of hydrogen-bond donors (Lipinski definition) is 1. The van der Waals surface area contributed by atoms with Crippen molar-refractivity contribution in [1.82, 2.24) is 10.5 Å². The van der Waals surface area contributed by atoms with Gasteiger partial charge in [0, 0.05) is 6.42 Å². The van der Waals surface area contributed by atoms with Gasteiger partial charge in [0.25, 0.3) is 5.91 Å². The maximum atomic E-state index is 11.3. The van der Waals surface area contributed by atoms with Crippen LogP contribution in [0.4, 0.5) is 0 Å².